The predicted molar refractivity (Wildman–Crippen MR) is 61.5 cm³/mol. The van der Waals surface area contributed by atoms with Gasteiger partial charge in [0.25, 0.3) is 0 Å². The van der Waals surface area contributed by atoms with Gasteiger partial charge in [-0.3, -0.25) is 4.79 Å². The minimum absolute atomic E-state index is 0.0225. The molecule has 0 saturated carbocycles. The Morgan fingerprint density at radius 2 is 2.38 bits per heavy atom. The second-order valence-electron chi connectivity index (χ2n) is 3.68. The molecule has 1 amide bonds. The van der Waals surface area contributed by atoms with Gasteiger partial charge in [-0.05, 0) is 25.0 Å². The van der Waals surface area contributed by atoms with Gasteiger partial charge in [-0.1, -0.05) is 11.6 Å². The Morgan fingerprint density at radius 3 is 3.00 bits per heavy atom. The molecule has 0 aliphatic carbocycles. The summed E-state index contributed by atoms with van der Waals surface area (Å²) in [4.78, 5) is 13.6. The van der Waals surface area contributed by atoms with Crippen LogP contribution in [0.4, 0.5) is 5.82 Å². The maximum atomic E-state index is 11.6. The van der Waals surface area contributed by atoms with Crippen molar-refractivity contribution in [3.05, 3.63) is 17.3 Å². The van der Waals surface area contributed by atoms with Gasteiger partial charge < -0.3 is 10.2 Å². The molecule has 1 atom stereocenters. The third-order valence-corrected chi connectivity index (χ3v) is 2.92. The highest BCUT2D eigenvalue weighted by Crippen LogP contribution is 2.23. The van der Waals surface area contributed by atoms with E-state index >= 15 is 0 Å². The van der Waals surface area contributed by atoms with Crippen LogP contribution >= 0.6 is 11.6 Å². The highest BCUT2D eigenvalue weighted by atomic mass is 35.5. The van der Waals surface area contributed by atoms with Crippen LogP contribution in [-0.2, 0) is 4.79 Å². The first-order valence-corrected chi connectivity index (χ1v) is 5.57. The zero-order valence-electron chi connectivity index (χ0n) is 8.98. The molecule has 1 N–H and O–H groups in total. The van der Waals surface area contributed by atoms with Crippen LogP contribution in [0.25, 0.3) is 0 Å². The molecule has 0 bridgehead atoms. The van der Waals surface area contributed by atoms with Crippen LogP contribution in [-0.4, -0.2) is 35.7 Å². The monoisotopic (exact) mass is 240 g/mol. The van der Waals surface area contributed by atoms with Gasteiger partial charge in [0.05, 0.1) is 0 Å². The lowest BCUT2D eigenvalue weighted by molar-refractivity contribution is -0.121. The maximum absolute atomic E-state index is 11.6. The predicted octanol–water partition coefficient (Wildman–Crippen LogP) is 0.845. The summed E-state index contributed by atoms with van der Waals surface area (Å²) in [6, 6.07) is 3.33. The van der Waals surface area contributed by atoms with Crippen LogP contribution in [0.5, 0.6) is 0 Å². The zero-order valence-corrected chi connectivity index (χ0v) is 9.74. The number of carbonyl (C=O) groups excluding carboxylic acids is 1. The fraction of sp³-hybridized carbons (Fsp3) is 0.500. The molecule has 16 heavy (non-hydrogen) atoms. The fourth-order valence-corrected chi connectivity index (χ4v) is 2.04. The van der Waals surface area contributed by atoms with Crippen LogP contribution in [0.15, 0.2) is 12.1 Å². The number of carbonyl (C=O) groups is 1. The van der Waals surface area contributed by atoms with E-state index in [2.05, 4.69) is 15.5 Å². The smallest absolute Gasteiger partial charge is 0.242 e. The molecule has 6 heteroatoms. The molecule has 1 unspecified atom stereocenters. The van der Waals surface area contributed by atoms with E-state index in [0.29, 0.717) is 11.0 Å². The molecule has 86 valence electrons. The molecule has 2 heterocycles. The van der Waals surface area contributed by atoms with E-state index in [-0.39, 0.29) is 11.9 Å². The molecule has 5 nitrogen and oxygen atoms in total. The summed E-state index contributed by atoms with van der Waals surface area (Å²) in [5.41, 5.74) is 0. The topological polar surface area (TPSA) is 58.1 Å². The van der Waals surface area contributed by atoms with Crippen LogP contribution in [0.1, 0.15) is 12.8 Å². The number of nitrogens with zero attached hydrogens (tertiary/aromatic N) is 3. The van der Waals surface area contributed by atoms with Gasteiger partial charge in [0, 0.05) is 13.6 Å². The van der Waals surface area contributed by atoms with Crippen molar-refractivity contribution in [1.29, 1.82) is 0 Å². The second kappa shape index (κ2) is 4.65. The van der Waals surface area contributed by atoms with Crippen LogP contribution in [0.2, 0.25) is 5.15 Å². The Bertz CT molecular complexity index is 381. The van der Waals surface area contributed by atoms with Crippen LogP contribution < -0.4 is 10.2 Å². The molecule has 1 aromatic heterocycles. The summed E-state index contributed by atoms with van der Waals surface area (Å²) in [5, 5.41) is 10.8. The molecule has 0 aromatic carbocycles. The normalized spacial score (nSPS) is 19.9. The number of rotatable bonds is 2. The van der Waals surface area contributed by atoms with Crippen LogP contribution in [0.3, 0.4) is 0 Å². The van der Waals surface area contributed by atoms with E-state index in [0.717, 1.165) is 19.4 Å². The van der Waals surface area contributed by atoms with E-state index in [9.17, 15) is 4.79 Å². The number of amides is 1. The minimum atomic E-state index is -0.138. The highest BCUT2D eigenvalue weighted by Gasteiger charge is 2.30. The first-order chi connectivity index (χ1) is 7.72. The van der Waals surface area contributed by atoms with E-state index < -0.39 is 0 Å². The molecule has 1 aliphatic heterocycles. The van der Waals surface area contributed by atoms with Gasteiger partial charge in [-0.25, -0.2) is 0 Å². The van der Waals surface area contributed by atoms with Gasteiger partial charge in [0.1, 0.15) is 6.04 Å². The molecular weight excluding hydrogens is 228 g/mol. The number of likely N-dealkylation sites (N-methyl/N-ethyl adjacent to an activating group) is 1. The molecule has 0 radical (unpaired) electrons. The molecule has 1 aromatic rings. The van der Waals surface area contributed by atoms with Crippen molar-refractivity contribution in [2.75, 3.05) is 18.5 Å². The van der Waals surface area contributed by atoms with Crippen molar-refractivity contribution in [2.24, 2.45) is 0 Å². The summed E-state index contributed by atoms with van der Waals surface area (Å²) < 4.78 is 0. The molecule has 2 rings (SSSR count). The van der Waals surface area contributed by atoms with Crippen molar-refractivity contribution >= 4 is 23.3 Å². The Morgan fingerprint density at radius 1 is 1.56 bits per heavy atom. The van der Waals surface area contributed by atoms with Crippen molar-refractivity contribution in [3.63, 3.8) is 0 Å². The number of hydrogen-bond acceptors (Lipinski definition) is 4. The maximum Gasteiger partial charge on any atom is 0.242 e. The lowest BCUT2D eigenvalue weighted by Crippen LogP contribution is -2.42. The quantitative estimate of drug-likeness (QED) is 0.833. The van der Waals surface area contributed by atoms with E-state index in [4.69, 9.17) is 11.6 Å². The van der Waals surface area contributed by atoms with E-state index in [1.807, 2.05) is 4.90 Å². The van der Waals surface area contributed by atoms with Crippen molar-refractivity contribution in [3.8, 4) is 0 Å². The summed E-state index contributed by atoms with van der Waals surface area (Å²) in [5.74, 6) is 0.727. The van der Waals surface area contributed by atoms with Crippen molar-refractivity contribution in [1.82, 2.24) is 15.5 Å². The van der Waals surface area contributed by atoms with Gasteiger partial charge in [0.2, 0.25) is 5.91 Å². The molecular formula is C10H13ClN4O. The van der Waals surface area contributed by atoms with Gasteiger partial charge in [0.15, 0.2) is 11.0 Å². The van der Waals surface area contributed by atoms with E-state index in [1.165, 1.54) is 0 Å². The van der Waals surface area contributed by atoms with Crippen molar-refractivity contribution < 1.29 is 4.79 Å². The van der Waals surface area contributed by atoms with E-state index in [1.54, 1.807) is 19.2 Å². The number of aromatic nitrogens is 2. The summed E-state index contributed by atoms with van der Waals surface area (Å²) in [6.07, 6.45) is 1.84. The molecule has 1 fully saturated rings. The standard InChI is InChI=1S/C10H13ClN4O/c1-12-10(16)7-3-2-6-15(7)9-5-4-8(11)13-14-9/h4-5,7H,2-3,6H2,1H3,(H,12,16). The minimum Gasteiger partial charge on any atom is -0.357 e. The largest absolute Gasteiger partial charge is 0.357 e. The van der Waals surface area contributed by atoms with Crippen LogP contribution in [0, 0.1) is 0 Å². The third-order valence-electron chi connectivity index (χ3n) is 2.71. The lowest BCUT2D eigenvalue weighted by atomic mass is 10.2. The highest BCUT2D eigenvalue weighted by molar-refractivity contribution is 6.29. The summed E-state index contributed by atoms with van der Waals surface area (Å²) in [6.45, 7) is 0.828. The summed E-state index contributed by atoms with van der Waals surface area (Å²) >= 11 is 5.67. The average molecular weight is 241 g/mol. The molecule has 0 spiro atoms. The summed E-state index contributed by atoms with van der Waals surface area (Å²) in [7, 11) is 1.65. The van der Waals surface area contributed by atoms with Gasteiger partial charge in [-0.2, -0.15) is 0 Å². The molecule has 1 saturated heterocycles. The molecule has 1 aliphatic rings. The number of nitrogens with one attached hydrogen (secondary N) is 1. The fourth-order valence-electron chi connectivity index (χ4n) is 1.94. The average Bonchev–Trinajstić information content (AvgIpc) is 2.78. The second-order valence-corrected chi connectivity index (χ2v) is 4.07. The first kappa shape index (κ1) is 11.1. The Balaban J connectivity index is 2.19. The Hall–Kier alpha value is -1.36. The number of halogens is 1. The Labute approximate surface area is 98.8 Å². The SMILES string of the molecule is CNC(=O)C1CCCN1c1ccc(Cl)nn1. The zero-order chi connectivity index (χ0) is 11.5. The first-order valence-electron chi connectivity index (χ1n) is 5.20. The third kappa shape index (κ3) is 2.09. The van der Waals surface area contributed by atoms with Crippen molar-refractivity contribution in [2.45, 2.75) is 18.9 Å². The van der Waals surface area contributed by atoms with Gasteiger partial charge >= 0.3 is 0 Å². The van der Waals surface area contributed by atoms with Gasteiger partial charge in [-0.15, -0.1) is 10.2 Å². The number of hydrogen-bond donors (Lipinski definition) is 1. The number of anilines is 1. The Kier molecular flexibility index (Phi) is 3.24. The lowest BCUT2D eigenvalue weighted by Gasteiger charge is -2.23.